The van der Waals surface area contributed by atoms with E-state index in [0.717, 1.165) is 83.0 Å². The van der Waals surface area contributed by atoms with Crippen molar-refractivity contribution in [2.24, 2.45) is 14.1 Å². The van der Waals surface area contributed by atoms with E-state index in [1.54, 1.807) is 19.4 Å². The number of fused-ring (bicyclic) bond motifs is 4. The third kappa shape index (κ3) is 6.12. The average Bonchev–Trinajstić information content (AvgIpc) is 3.77. The monoisotopic (exact) mass is 775 g/mol. The lowest BCUT2D eigenvalue weighted by atomic mass is 9.98. The first-order valence-corrected chi connectivity index (χ1v) is 19.2. The fourth-order valence-corrected chi connectivity index (χ4v) is 8.61. The lowest BCUT2D eigenvalue weighted by Gasteiger charge is -2.34. The Hall–Kier alpha value is -5.32. The van der Waals surface area contributed by atoms with Gasteiger partial charge in [0.25, 0.3) is 5.91 Å². The van der Waals surface area contributed by atoms with E-state index in [9.17, 15) is 0 Å². The largest absolute Gasteiger partial charge is 0.494 e. The Kier molecular flexibility index (Phi) is 9.38. The number of carbonyl (C=O) groups excluding carboxylic acids is 1. The lowest BCUT2D eigenvalue weighted by molar-refractivity contribution is 0.0957. The molecule has 0 saturated carbocycles. The van der Waals surface area contributed by atoms with E-state index in [0.29, 0.717) is 48.4 Å². The number of rotatable bonds is 9. The van der Waals surface area contributed by atoms with Crippen molar-refractivity contribution in [1.82, 2.24) is 28.9 Å². The molecule has 1 aliphatic rings. The number of ether oxygens (including phenoxy) is 2. The molecule has 0 N–H and O–H groups in total. The van der Waals surface area contributed by atoms with E-state index in [-0.39, 0.29) is 11.9 Å². The Labute approximate surface area is 330 Å². The molecule has 0 bridgehead atoms. The minimum Gasteiger partial charge on any atom is -0.494 e. The van der Waals surface area contributed by atoms with Gasteiger partial charge in [-0.25, -0.2) is 4.98 Å². The van der Waals surface area contributed by atoms with Crippen molar-refractivity contribution in [2.75, 3.05) is 25.2 Å². The summed E-state index contributed by atoms with van der Waals surface area (Å²) >= 11 is 13.6. The molecule has 55 heavy (non-hydrogen) atoms. The van der Waals surface area contributed by atoms with Gasteiger partial charge in [0.2, 0.25) is 5.88 Å². The Bertz CT molecular complexity index is 2650. The highest BCUT2D eigenvalue weighted by atomic mass is 35.5. The number of benzene rings is 3. The second-order valence-electron chi connectivity index (χ2n) is 14.6. The third-order valence-corrected chi connectivity index (χ3v) is 11.8. The molecule has 4 aromatic heterocycles. The van der Waals surface area contributed by atoms with Crippen molar-refractivity contribution in [2.45, 2.75) is 53.5 Å². The Morgan fingerprint density at radius 2 is 1.71 bits per heavy atom. The van der Waals surface area contributed by atoms with Gasteiger partial charge in [0.05, 0.1) is 35.6 Å². The van der Waals surface area contributed by atoms with Gasteiger partial charge in [-0.3, -0.25) is 9.48 Å². The topological polar surface area (TPSA) is 92.2 Å². The van der Waals surface area contributed by atoms with Crippen LogP contribution < -0.4 is 14.4 Å². The summed E-state index contributed by atoms with van der Waals surface area (Å²) in [4.78, 5) is 26.3. The summed E-state index contributed by atoms with van der Waals surface area (Å²) in [5.41, 5.74) is 11.0. The predicted octanol–water partition coefficient (Wildman–Crippen LogP) is 9.77. The Morgan fingerprint density at radius 3 is 2.42 bits per heavy atom. The van der Waals surface area contributed by atoms with Crippen molar-refractivity contribution in [1.29, 1.82) is 0 Å². The van der Waals surface area contributed by atoms with Gasteiger partial charge in [0.15, 0.2) is 5.82 Å². The summed E-state index contributed by atoms with van der Waals surface area (Å²) in [5.74, 6) is 1.75. The van der Waals surface area contributed by atoms with Crippen molar-refractivity contribution in [3.63, 3.8) is 0 Å². The summed E-state index contributed by atoms with van der Waals surface area (Å²) in [6.45, 7) is 11.1. The molecule has 3 aromatic carbocycles. The second kappa shape index (κ2) is 14.1. The van der Waals surface area contributed by atoms with Crippen LogP contribution in [-0.2, 0) is 20.5 Å². The van der Waals surface area contributed by atoms with Crippen LogP contribution in [0, 0.1) is 27.7 Å². The van der Waals surface area contributed by atoms with Gasteiger partial charge in [-0.05, 0) is 101 Å². The van der Waals surface area contributed by atoms with Gasteiger partial charge in [0.1, 0.15) is 11.4 Å². The van der Waals surface area contributed by atoms with Crippen molar-refractivity contribution in [3.05, 3.63) is 105 Å². The number of hydrogen-bond donors (Lipinski definition) is 0. The maximum absolute atomic E-state index is 15.2. The number of amides is 1. The number of halogens is 2. The number of aromatic nitrogens is 6. The minimum atomic E-state index is -0.0881. The maximum atomic E-state index is 15.2. The third-order valence-electron chi connectivity index (χ3n) is 10.9. The van der Waals surface area contributed by atoms with E-state index in [1.165, 1.54) is 0 Å². The molecule has 0 saturated heterocycles. The van der Waals surface area contributed by atoms with Gasteiger partial charge in [0, 0.05) is 88.8 Å². The van der Waals surface area contributed by atoms with Crippen LogP contribution in [0.3, 0.4) is 0 Å². The number of methoxy groups -OCH3 is 1. The van der Waals surface area contributed by atoms with Crippen LogP contribution in [0.25, 0.3) is 44.3 Å². The van der Waals surface area contributed by atoms with Gasteiger partial charge in [-0.1, -0.05) is 29.3 Å². The van der Waals surface area contributed by atoms with Crippen molar-refractivity contribution < 1.29 is 14.3 Å². The van der Waals surface area contributed by atoms with Gasteiger partial charge < -0.3 is 23.5 Å². The number of anilines is 1. The fraction of sp³-hybridized carbons (Fsp3) is 0.302. The molecule has 0 aliphatic carbocycles. The molecular formula is C43H43Cl2N7O3. The van der Waals surface area contributed by atoms with E-state index in [2.05, 4.69) is 45.1 Å². The fourth-order valence-electron chi connectivity index (χ4n) is 8.26. The summed E-state index contributed by atoms with van der Waals surface area (Å²) in [7, 11) is 5.54. The van der Waals surface area contributed by atoms with Crippen LogP contribution >= 0.6 is 23.2 Å². The average molecular weight is 777 g/mol. The summed E-state index contributed by atoms with van der Waals surface area (Å²) in [6, 6.07) is 15.7. The Morgan fingerprint density at radius 1 is 0.945 bits per heavy atom. The highest BCUT2D eigenvalue weighted by Crippen LogP contribution is 2.46. The van der Waals surface area contributed by atoms with E-state index < -0.39 is 0 Å². The smallest absolute Gasteiger partial charge is 0.275 e. The lowest BCUT2D eigenvalue weighted by Crippen LogP contribution is -2.42. The molecule has 5 heterocycles. The highest BCUT2D eigenvalue weighted by Gasteiger charge is 2.37. The number of nitrogens with zero attached hydrogens (tertiary/aromatic N) is 7. The molecule has 1 amide bonds. The molecule has 7 aromatic rings. The molecule has 8 rings (SSSR count). The molecule has 282 valence electrons. The standard InChI is InChI=1S/C43H43Cl2N7O3/c1-23-18-29(19-24(2)39(23)45)55-17-9-10-30-31-12-13-33(44)38(37-26(4)48-50(7)27(37)5)40(31)52-25(3)21-51(43(53)41(30)52)35-22-49(6)34-14-11-28(20-32(34)35)42-46-16-15-36(47-42)54-8/h11-16,18-20,22,25H,9-10,17,21H2,1-8H3. The molecule has 1 atom stereocenters. The summed E-state index contributed by atoms with van der Waals surface area (Å²) in [5, 5.41) is 8.06. The second-order valence-corrected chi connectivity index (χ2v) is 15.3. The predicted molar refractivity (Wildman–Crippen MR) is 220 cm³/mol. The zero-order chi connectivity index (χ0) is 38.9. The maximum Gasteiger partial charge on any atom is 0.275 e. The van der Waals surface area contributed by atoms with E-state index in [1.807, 2.05) is 81.0 Å². The SMILES string of the molecule is COc1ccnc(-c2ccc3c(c2)c(N2CC(C)n4c(c(CCCOc5cc(C)c(Cl)c(C)c5)c5ccc(Cl)c(-c6c(C)nn(C)c6C)c54)C2=O)cn3C)n1. The normalized spacial score (nSPS) is 14.3. The van der Waals surface area contributed by atoms with Crippen molar-refractivity contribution in [3.8, 4) is 34.1 Å². The zero-order valence-corrected chi connectivity index (χ0v) is 33.8. The molecule has 0 spiro atoms. The van der Waals surface area contributed by atoms with E-state index >= 15 is 4.79 Å². The van der Waals surface area contributed by atoms with Crippen LogP contribution in [-0.4, -0.2) is 55.1 Å². The molecule has 1 unspecified atom stereocenters. The van der Waals surface area contributed by atoms with Gasteiger partial charge in [-0.2, -0.15) is 10.1 Å². The molecule has 0 fully saturated rings. The molecular weight excluding hydrogens is 733 g/mol. The first-order valence-electron chi connectivity index (χ1n) is 18.4. The zero-order valence-electron chi connectivity index (χ0n) is 32.3. The van der Waals surface area contributed by atoms with Crippen LogP contribution in [0.5, 0.6) is 11.6 Å². The minimum absolute atomic E-state index is 0.0635. The number of hydrogen-bond acceptors (Lipinski definition) is 6. The number of aryl methyl sites for hydroxylation is 6. The molecule has 12 heteroatoms. The highest BCUT2D eigenvalue weighted by molar-refractivity contribution is 6.35. The summed E-state index contributed by atoms with van der Waals surface area (Å²) < 4.78 is 17.8. The van der Waals surface area contributed by atoms with Crippen LogP contribution in [0.4, 0.5) is 5.69 Å². The number of carbonyl (C=O) groups is 1. The van der Waals surface area contributed by atoms with Gasteiger partial charge >= 0.3 is 0 Å². The Balaban J connectivity index is 1.26. The first kappa shape index (κ1) is 36.6. The van der Waals surface area contributed by atoms with Crippen LogP contribution in [0.2, 0.25) is 10.0 Å². The van der Waals surface area contributed by atoms with Crippen molar-refractivity contribution >= 4 is 56.6 Å². The van der Waals surface area contributed by atoms with Crippen LogP contribution in [0.1, 0.15) is 58.0 Å². The molecule has 1 aliphatic heterocycles. The quantitative estimate of drug-likeness (QED) is 0.136. The van der Waals surface area contributed by atoms with E-state index in [4.69, 9.17) is 37.8 Å². The van der Waals surface area contributed by atoms with Gasteiger partial charge in [-0.15, -0.1) is 0 Å². The summed E-state index contributed by atoms with van der Waals surface area (Å²) in [6.07, 6.45) is 5.04. The molecule has 10 nitrogen and oxygen atoms in total. The molecule has 0 radical (unpaired) electrons. The van der Waals surface area contributed by atoms with Crippen LogP contribution in [0.15, 0.2) is 60.9 Å². The first-order chi connectivity index (χ1) is 26.4.